The van der Waals surface area contributed by atoms with E-state index in [1.165, 1.54) is 0 Å². The van der Waals surface area contributed by atoms with Crippen molar-refractivity contribution in [2.24, 2.45) is 0 Å². The van der Waals surface area contributed by atoms with Crippen molar-refractivity contribution in [1.29, 1.82) is 0 Å². The van der Waals surface area contributed by atoms with Gasteiger partial charge >= 0.3 is 6.03 Å². The molecule has 3 nitrogen and oxygen atoms in total. The van der Waals surface area contributed by atoms with Crippen LogP contribution in [-0.4, -0.2) is 6.03 Å². The van der Waals surface area contributed by atoms with Gasteiger partial charge in [0.1, 0.15) is 0 Å². The number of hydrogen-bond acceptors (Lipinski definition) is 1. The van der Waals surface area contributed by atoms with Crippen LogP contribution in [0.15, 0.2) is 36.0 Å². The van der Waals surface area contributed by atoms with Gasteiger partial charge in [0.25, 0.3) is 0 Å². The summed E-state index contributed by atoms with van der Waals surface area (Å²) in [5, 5.41) is 5.46. The Balaban J connectivity index is 2.52. The van der Waals surface area contributed by atoms with Crippen LogP contribution < -0.4 is 10.6 Å². The molecule has 0 bridgehead atoms. The number of anilines is 1. The van der Waals surface area contributed by atoms with Crippen LogP contribution in [0, 0.1) is 6.92 Å². The van der Waals surface area contributed by atoms with Crippen molar-refractivity contribution in [2.45, 2.75) is 27.2 Å². The summed E-state index contributed by atoms with van der Waals surface area (Å²) in [5.41, 5.74) is 3.07. The summed E-state index contributed by atoms with van der Waals surface area (Å²) in [5.74, 6) is 0. The van der Waals surface area contributed by atoms with Gasteiger partial charge in [-0.2, -0.15) is 0 Å². The highest BCUT2D eigenvalue weighted by molar-refractivity contribution is 5.89. The number of benzene rings is 1. The predicted molar refractivity (Wildman–Crippen MR) is 67.4 cm³/mol. The van der Waals surface area contributed by atoms with Crippen LogP contribution in [-0.2, 0) is 0 Å². The van der Waals surface area contributed by atoms with E-state index in [-0.39, 0.29) is 6.03 Å². The van der Waals surface area contributed by atoms with Gasteiger partial charge in [0.15, 0.2) is 0 Å². The minimum Gasteiger partial charge on any atom is -0.314 e. The average Bonchev–Trinajstić information content (AvgIpc) is 2.26. The quantitative estimate of drug-likeness (QED) is 0.801. The minimum absolute atomic E-state index is 0.210. The number of amides is 2. The standard InChI is InChI=1S/C13H18N2O/c1-4-10(2)9-14-13(16)15-12-7-5-6-11(3)8-12/h5-9H,4H2,1-3H3,(H2,14,15,16)/b10-9+. The fraction of sp³-hybridized carbons (Fsp3) is 0.308. The second kappa shape index (κ2) is 5.95. The Morgan fingerprint density at radius 3 is 2.81 bits per heavy atom. The molecule has 0 fully saturated rings. The second-order valence-electron chi connectivity index (χ2n) is 3.81. The third-order valence-electron chi connectivity index (χ3n) is 2.28. The van der Waals surface area contributed by atoms with Gasteiger partial charge in [-0.05, 0) is 38.0 Å². The van der Waals surface area contributed by atoms with Gasteiger partial charge in [-0.25, -0.2) is 4.79 Å². The molecule has 1 aromatic rings. The monoisotopic (exact) mass is 218 g/mol. The SMILES string of the molecule is CC/C(C)=C/NC(=O)Nc1cccc(C)c1. The molecule has 0 radical (unpaired) electrons. The molecule has 86 valence electrons. The Bertz CT molecular complexity index is 397. The maximum absolute atomic E-state index is 11.5. The van der Waals surface area contributed by atoms with Crippen LogP contribution in [0.25, 0.3) is 0 Å². The third-order valence-corrected chi connectivity index (χ3v) is 2.28. The smallest absolute Gasteiger partial charge is 0.314 e. The van der Waals surface area contributed by atoms with Crippen molar-refractivity contribution < 1.29 is 4.79 Å². The zero-order valence-corrected chi connectivity index (χ0v) is 10.0. The van der Waals surface area contributed by atoms with Crippen LogP contribution >= 0.6 is 0 Å². The molecule has 0 saturated heterocycles. The van der Waals surface area contributed by atoms with E-state index in [9.17, 15) is 4.79 Å². The lowest BCUT2D eigenvalue weighted by molar-refractivity contribution is 0.255. The van der Waals surface area contributed by atoms with E-state index in [1.807, 2.05) is 45.0 Å². The minimum atomic E-state index is -0.210. The molecule has 2 N–H and O–H groups in total. The highest BCUT2D eigenvalue weighted by atomic mass is 16.2. The lowest BCUT2D eigenvalue weighted by Gasteiger charge is -2.05. The first-order valence-electron chi connectivity index (χ1n) is 5.41. The number of carbonyl (C=O) groups is 1. The number of urea groups is 1. The van der Waals surface area contributed by atoms with E-state index in [4.69, 9.17) is 0 Å². The summed E-state index contributed by atoms with van der Waals surface area (Å²) in [4.78, 5) is 11.5. The van der Waals surface area contributed by atoms with Crippen LogP contribution in [0.1, 0.15) is 25.8 Å². The number of carbonyl (C=O) groups excluding carboxylic acids is 1. The fourth-order valence-corrected chi connectivity index (χ4v) is 1.18. The summed E-state index contributed by atoms with van der Waals surface area (Å²) < 4.78 is 0. The summed E-state index contributed by atoms with van der Waals surface area (Å²) in [6, 6.07) is 7.49. The third kappa shape index (κ3) is 4.17. The molecule has 0 aromatic heterocycles. The first-order chi connectivity index (χ1) is 7.61. The summed E-state index contributed by atoms with van der Waals surface area (Å²) in [6.45, 7) is 6.02. The maximum atomic E-state index is 11.5. The molecule has 0 heterocycles. The first kappa shape index (κ1) is 12.3. The van der Waals surface area contributed by atoms with Crippen molar-refractivity contribution in [3.63, 3.8) is 0 Å². The molecule has 3 heteroatoms. The average molecular weight is 218 g/mol. The Morgan fingerprint density at radius 1 is 1.44 bits per heavy atom. The zero-order valence-electron chi connectivity index (χ0n) is 10.0. The van der Waals surface area contributed by atoms with Gasteiger partial charge in [-0.1, -0.05) is 24.6 Å². The molecule has 2 amide bonds. The molecule has 1 aromatic carbocycles. The number of nitrogens with one attached hydrogen (secondary N) is 2. The highest BCUT2D eigenvalue weighted by Crippen LogP contribution is 2.08. The Hall–Kier alpha value is -1.77. The molecule has 1 rings (SSSR count). The fourth-order valence-electron chi connectivity index (χ4n) is 1.18. The molecule has 0 aliphatic rings. The van der Waals surface area contributed by atoms with E-state index in [2.05, 4.69) is 10.6 Å². The molecule has 0 saturated carbocycles. The van der Waals surface area contributed by atoms with Crippen LogP contribution in [0.4, 0.5) is 10.5 Å². The highest BCUT2D eigenvalue weighted by Gasteiger charge is 1.98. The summed E-state index contributed by atoms with van der Waals surface area (Å²) in [6.07, 6.45) is 2.66. The largest absolute Gasteiger partial charge is 0.323 e. The summed E-state index contributed by atoms with van der Waals surface area (Å²) >= 11 is 0. The zero-order chi connectivity index (χ0) is 12.0. The molecular weight excluding hydrogens is 200 g/mol. The number of rotatable bonds is 3. The summed E-state index contributed by atoms with van der Waals surface area (Å²) in [7, 11) is 0. The Morgan fingerprint density at radius 2 is 2.19 bits per heavy atom. The lowest BCUT2D eigenvalue weighted by atomic mass is 10.2. The Labute approximate surface area is 96.6 Å². The van der Waals surface area contributed by atoms with Crippen molar-refractivity contribution in [1.82, 2.24) is 5.32 Å². The van der Waals surface area contributed by atoms with E-state index in [1.54, 1.807) is 6.20 Å². The van der Waals surface area contributed by atoms with Crippen LogP contribution in [0.2, 0.25) is 0 Å². The van der Waals surface area contributed by atoms with Gasteiger partial charge in [-0.3, -0.25) is 0 Å². The predicted octanol–water partition coefficient (Wildman–Crippen LogP) is 3.43. The van der Waals surface area contributed by atoms with Gasteiger partial charge in [-0.15, -0.1) is 0 Å². The molecule has 0 aliphatic carbocycles. The number of aryl methyl sites for hydroxylation is 1. The normalized spacial score (nSPS) is 11.1. The first-order valence-corrected chi connectivity index (χ1v) is 5.41. The lowest BCUT2D eigenvalue weighted by Crippen LogP contribution is -2.24. The van der Waals surface area contributed by atoms with Gasteiger partial charge in [0.05, 0.1) is 0 Å². The molecule has 0 atom stereocenters. The van der Waals surface area contributed by atoms with Crippen molar-refractivity contribution in [3.05, 3.63) is 41.6 Å². The van der Waals surface area contributed by atoms with E-state index in [0.717, 1.165) is 23.2 Å². The van der Waals surface area contributed by atoms with Gasteiger partial charge in [0, 0.05) is 11.9 Å². The number of allylic oxidation sites excluding steroid dienone is 1. The van der Waals surface area contributed by atoms with Gasteiger partial charge in [0.2, 0.25) is 0 Å². The topological polar surface area (TPSA) is 41.1 Å². The van der Waals surface area contributed by atoms with Crippen molar-refractivity contribution in [3.8, 4) is 0 Å². The van der Waals surface area contributed by atoms with E-state index >= 15 is 0 Å². The van der Waals surface area contributed by atoms with E-state index in [0.29, 0.717) is 0 Å². The van der Waals surface area contributed by atoms with Crippen LogP contribution in [0.5, 0.6) is 0 Å². The molecule has 0 spiro atoms. The van der Waals surface area contributed by atoms with Crippen molar-refractivity contribution in [2.75, 3.05) is 5.32 Å². The molecular formula is C13H18N2O. The number of hydrogen-bond donors (Lipinski definition) is 2. The Kier molecular flexibility index (Phi) is 4.58. The molecule has 0 aliphatic heterocycles. The maximum Gasteiger partial charge on any atom is 0.323 e. The van der Waals surface area contributed by atoms with Crippen molar-refractivity contribution >= 4 is 11.7 Å². The van der Waals surface area contributed by atoms with Crippen LogP contribution in [0.3, 0.4) is 0 Å². The van der Waals surface area contributed by atoms with E-state index < -0.39 is 0 Å². The second-order valence-corrected chi connectivity index (χ2v) is 3.81. The molecule has 0 unspecified atom stereocenters. The molecule has 16 heavy (non-hydrogen) atoms. The van der Waals surface area contributed by atoms with Gasteiger partial charge < -0.3 is 10.6 Å².